The fourth-order valence-corrected chi connectivity index (χ4v) is 2.15. The number of hydrogen-bond donors (Lipinski definition) is 1. The third kappa shape index (κ3) is 6.32. The zero-order valence-corrected chi connectivity index (χ0v) is 12.5. The summed E-state index contributed by atoms with van der Waals surface area (Å²) in [6.45, 7) is 1.25. The zero-order chi connectivity index (χ0) is 15.9. The monoisotopic (exact) mass is 316 g/mol. The van der Waals surface area contributed by atoms with Gasteiger partial charge in [0.25, 0.3) is 5.91 Å². The number of aromatic nitrogens is 1. The molecule has 1 aromatic heterocycles. The van der Waals surface area contributed by atoms with Gasteiger partial charge >= 0.3 is 5.97 Å². The molecule has 0 aromatic carbocycles. The van der Waals surface area contributed by atoms with Crippen LogP contribution in [0.3, 0.4) is 0 Å². The van der Waals surface area contributed by atoms with Crippen LogP contribution in [0.4, 0.5) is 0 Å². The summed E-state index contributed by atoms with van der Waals surface area (Å²) in [6.07, 6.45) is 1.21. The molecule has 0 atom stereocenters. The summed E-state index contributed by atoms with van der Waals surface area (Å²) in [7, 11) is -2.38. The summed E-state index contributed by atoms with van der Waals surface area (Å²) in [5.41, 5.74) is 0.534. The van der Waals surface area contributed by atoms with Crippen molar-refractivity contribution in [3.8, 4) is 0 Å². The Morgan fingerprint density at radius 2 is 2.05 bits per heavy atom. The van der Waals surface area contributed by atoms with E-state index < -0.39 is 21.9 Å². The van der Waals surface area contributed by atoms with E-state index in [-0.39, 0.29) is 24.5 Å². The van der Waals surface area contributed by atoms with Crippen molar-refractivity contribution in [3.05, 3.63) is 29.6 Å². The lowest BCUT2D eigenvalue weighted by Crippen LogP contribution is -2.33. The van der Waals surface area contributed by atoms with Crippen LogP contribution < -0.4 is 4.72 Å². The van der Waals surface area contributed by atoms with Gasteiger partial charge in [-0.2, -0.15) is 0 Å². The van der Waals surface area contributed by atoms with Crippen molar-refractivity contribution in [1.29, 1.82) is 0 Å². The van der Waals surface area contributed by atoms with E-state index in [1.54, 1.807) is 0 Å². The highest BCUT2D eigenvalue weighted by Gasteiger charge is 2.16. The van der Waals surface area contributed by atoms with Gasteiger partial charge in [-0.1, -0.05) is 0 Å². The average molecular weight is 316 g/mol. The second kappa shape index (κ2) is 7.70. The molecule has 0 unspecified atom stereocenters. The highest BCUT2D eigenvalue weighted by atomic mass is 32.2. The second-order valence-corrected chi connectivity index (χ2v) is 5.90. The van der Waals surface area contributed by atoms with E-state index in [4.69, 9.17) is 4.74 Å². The smallest absolute Gasteiger partial charge is 0.303 e. The molecule has 0 fully saturated rings. The first kappa shape index (κ1) is 17.1. The molecule has 1 rings (SSSR count). The van der Waals surface area contributed by atoms with E-state index in [9.17, 15) is 18.0 Å². The number of ether oxygens (including phenoxy) is 2. The molecule has 0 bridgehead atoms. The number of nitrogens with zero attached hydrogens (tertiary/aromatic N) is 1. The maximum atomic E-state index is 11.7. The fourth-order valence-electron chi connectivity index (χ4n) is 1.26. The summed E-state index contributed by atoms with van der Waals surface area (Å²) >= 11 is 0. The van der Waals surface area contributed by atoms with Gasteiger partial charge in [0.1, 0.15) is 6.61 Å². The lowest BCUT2D eigenvalue weighted by molar-refractivity contribution is -0.142. The minimum Gasteiger partial charge on any atom is -0.459 e. The van der Waals surface area contributed by atoms with Gasteiger partial charge in [-0.05, 0) is 12.1 Å². The lowest BCUT2D eigenvalue weighted by Gasteiger charge is -2.07. The largest absolute Gasteiger partial charge is 0.459 e. The summed E-state index contributed by atoms with van der Waals surface area (Å²) in [4.78, 5) is 26.3. The molecular formula is C12H16N2O6S. The van der Waals surface area contributed by atoms with Crippen LogP contribution in [0.2, 0.25) is 0 Å². The van der Waals surface area contributed by atoms with Gasteiger partial charge in [0.05, 0.1) is 23.6 Å². The number of sulfonamides is 1. The molecule has 21 heavy (non-hydrogen) atoms. The van der Waals surface area contributed by atoms with Crippen molar-refractivity contribution in [2.45, 2.75) is 13.5 Å². The Hall–Kier alpha value is -2.00. The predicted molar refractivity (Wildman–Crippen MR) is 72.8 cm³/mol. The second-order valence-electron chi connectivity index (χ2n) is 4.06. The normalized spacial score (nSPS) is 11.0. The van der Waals surface area contributed by atoms with Crippen LogP contribution in [0.15, 0.2) is 18.3 Å². The molecule has 0 spiro atoms. The lowest BCUT2D eigenvalue weighted by atomic mass is 10.2. The summed E-state index contributed by atoms with van der Waals surface area (Å²) in [6, 6.07) is 2.87. The third-order valence-electron chi connectivity index (χ3n) is 2.31. The molecular weight excluding hydrogens is 300 g/mol. The van der Waals surface area contributed by atoms with E-state index in [1.165, 1.54) is 32.4 Å². The highest BCUT2D eigenvalue weighted by Crippen LogP contribution is 2.03. The predicted octanol–water partition coefficient (Wildman–Crippen LogP) is -0.149. The first-order valence-corrected chi connectivity index (χ1v) is 7.61. The van der Waals surface area contributed by atoms with Gasteiger partial charge < -0.3 is 9.47 Å². The van der Waals surface area contributed by atoms with Crippen molar-refractivity contribution >= 4 is 21.9 Å². The maximum absolute atomic E-state index is 11.7. The third-order valence-corrected chi connectivity index (χ3v) is 3.52. The number of carbonyl (C=O) groups excluding carboxylic acids is 2. The Bertz CT molecular complexity index is 597. The van der Waals surface area contributed by atoms with E-state index >= 15 is 0 Å². The molecule has 0 saturated heterocycles. The van der Waals surface area contributed by atoms with Gasteiger partial charge in [-0.25, -0.2) is 13.1 Å². The Kier molecular flexibility index (Phi) is 6.25. The number of rotatable bonds is 7. The van der Waals surface area contributed by atoms with E-state index in [0.29, 0.717) is 5.69 Å². The number of esters is 1. The molecule has 0 radical (unpaired) electrons. The maximum Gasteiger partial charge on any atom is 0.303 e. The Morgan fingerprint density at radius 1 is 1.33 bits per heavy atom. The molecule has 116 valence electrons. The van der Waals surface area contributed by atoms with Crippen molar-refractivity contribution in [2.24, 2.45) is 0 Å². The van der Waals surface area contributed by atoms with Gasteiger partial charge in [-0.3, -0.25) is 14.6 Å². The molecule has 0 aliphatic heterocycles. The van der Waals surface area contributed by atoms with E-state index in [0.717, 1.165) is 0 Å². The van der Waals surface area contributed by atoms with Crippen LogP contribution in [-0.2, 0) is 30.9 Å². The quantitative estimate of drug-likeness (QED) is 0.696. The van der Waals surface area contributed by atoms with Crippen LogP contribution in [0, 0.1) is 0 Å². The van der Waals surface area contributed by atoms with Crippen molar-refractivity contribution in [1.82, 2.24) is 9.71 Å². The van der Waals surface area contributed by atoms with Gasteiger partial charge in [0, 0.05) is 20.2 Å². The number of carbonyl (C=O) groups is 2. The van der Waals surface area contributed by atoms with Crippen molar-refractivity contribution in [2.75, 3.05) is 19.5 Å². The van der Waals surface area contributed by atoms with Crippen LogP contribution >= 0.6 is 0 Å². The van der Waals surface area contributed by atoms with Gasteiger partial charge in [-0.15, -0.1) is 0 Å². The standard InChI is InChI=1S/C12H16N2O6S/c1-9(15)20-8-11-4-3-10(7-13-11)12(16)14-21(17,18)6-5-19-2/h3-4,7H,5-6,8H2,1-2H3,(H,14,16). The Morgan fingerprint density at radius 3 is 2.57 bits per heavy atom. The summed E-state index contributed by atoms with van der Waals surface area (Å²) < 4.78 is 34.3. The summed E-state index contributed by atoms with van der Waals surface area (Å²) in [5, 5.41) is 0. The van der Waals surface area contributed by atoms with Gasteiger partial charge in [0.2, 0.25) is 10.0 Å². The van der Waals surface area contributed by atoms with Gasteiger partial charge in [0.15, 0.2) is 0 Å². The van der Waals surface area contributed by atoms with Crippen LogP contribution in [-0.4, -0.2) is 44.7 Å². The van der Waals surface area contributed by atoms with E-state index in [1.807, 2.05) is 4.72 Å². The summed E-state index contributed by atoms with van der Waals surface area (Å²) in [5.74, 6) is -1.53. The molecule has 1 amide bonds. The number of nitrogens with one attached hydrogen (secondary N) is 1. The first-order chi connectivity index (χ1) is 9.84. The molecule has 9 heteroatoms. The number of pyridine rings is 1. The fraction of sp³-hybridized carbons (Fsp3) is 0.417. The van der Waals surface area contributed by atoms with Crippen molar-refractivity contribution in [3.63, 3.8) is 0 Å². The molecule has 1 aromatic rings. The average Bonchev–Trinajstić information content (AvgIpc) is 2.43. The van der Waals surface area contributed by atoms with Crippen LogP contribution in [0.5, 0.6) is 0 Å². The number of hydrogen-bond acceptors (Lipinski definition) is 7. The van der Waals surface area contributed by atoms with Crippen LogP contribution in [0.1, 0.15) is 23.0 Å². The Labute approximate surface area is 122 Å². The van der Waals surface area contributed by atoms with E-state index in [2.05, 4.69) is 9.72 Å². The van der Waals surface area contributed by atoms with Crippen LogP contribution in [0.25, 0.3) is 0 Å². The number of methoxy groups -OCH3 is 1. The number of amides is 1. The first-order valence-electron chi connectivity index (χ1n) is 5.96. The SMILES string of the molecule is COCCS(=O)(=O)NC(=O)c1ccc(COC(C)=O)nc1. The molecule has 0 saturated carbocycles. The molecule has 1 heterocycles. The molecule has 8 nitrogen and oxygen atoms in total. The zero-order valence-electron chi connectivity index (χ0n) is 11.7. The molecule has 1 N–H and O–H groups in total. The minimum atomic E-state index is -3.74. The highest BCUT2D eigenvalue weighted by molar-refractivity contribution is 7.90. The topological polar surface area (TPSA) is 112 Å². The molecule has 0 aliphatic carbocycles. The Balaban J connectivity index is 2.65. The van der Waals surface area contributed by atoms with Crippen molar-refractivity contribution < 1.29 is 27.5 Å². The molecule has 0 aliphatic rings. The minimum absolute atomic E-state index is 0.0105.